The second kappa shape index (κ2) is 12.8. The highest BCUT2D eigenvalue weighted by molar-refractivity contribution is 7.86. The lowest BCUT2D eigenvalue weighted by atomic mass is 10.1. The Bertz CT molecular complexity index is 864. The molecule has 0 saturated carbocycles. The van der Waals surface area contributed by atoms with Crippen LogP contribution in [0.2, 0.25) is 18.1 Å². The Morgan fingerprint density at radius 1 is 1.18 bits per heavy atom. The van der Waals surface area contributed by atoms with Crippen LogP contribution < -0.4 is 10.6 Å². The van der Waals surface area contributed by atoms with E-state index in [0.29, 0.717) is 18.7 Å². The second-order valence-electron chi connectivity index (χ2n) is 9.08. The fraction of sp³-hybridized carbons (Fsp3) is 0.682. The maximum Gasteiger partial charge on any atom is 0.423 e. The van der Waals surface area contributed by atoms with Gasteiger partial charge in [-0.3, -0.25) is 0 Å². The van der Waals surface area contributed by atoms with Crippen LogP contribution >= 0.6 is 0 Å². The van der Waals surface area contributed by atoms with Crippen molar-refractivity contribution >= 4 is 24.5 Å². The van der Waals surface area contributed by atoms with Crippen LogP contribution in [0.4, 0.5) is 9.18 Å². The van der Waals surface area contributed by atoms with Gasteiger partial charge in [0.15, 0.2) is 8.32 Å². The van der Waals surface area contributed by atoms with Crippen LogP contribution in [-0.4, -0.2) is 53.2 Å². The third-order valence-corrected chi connectivity index (χ3v) is 11.1. The first-order chi connectivity index (χ1) is 15.3. The van der Waals surface area contributed by atoms with E-state index in [9.17, 15) is 17.6 Å². The van der Waals surface area contributed by atoms with Gasteiger partial charge in [-0.15, -0.1) is 0 Å². The Morgan fingerprint density at radius 2 is 1.79 bits per heavy atom. The molecule has 33 heavy (non-hydrogen) atoms. The van der Waals surface area contributed by atoms with Gasteiger partial charge >= 0.3 is 16.2 Å². The van der Waals surface area contributed by atoms with Gasteiger partial charge in [0.2, 0.25) is 0 Å². The molecular weight excluding hydrogens is 467 g/mol. The van der Waals surface area contributed by atoms with Gasteiger partial charge in [0.1, 0.15) is 11.6 Å². The van der Waals surface area contributed by atoms with Crippen LogP contribution in [-0.2, 0) is 24.5 Å². The van der Waals surface area contributed by atoms with Crippen LogP contribution in [0, 0.1) is 5.82 Å². The van der Waals surface area contributed by atoms with Crippen LogP contribution in [0.25, 0.3) is 0 Å². The topological polar surface area (TPSA) is 114 Å². The number of aliphatic hydroxyl groups excluding tert-OH is 1. The van der Waals surface area contributed by atoms with E-state index in [1.807, 2.05) is 0 Å². The number of halogens is 1. The minimum Gasteiger partial charge on any atom is -0.409 e. The van der Waals surface area contributed by atoms with Gasteiger partial charge in [0.25, 0.3) is 0 Å². The molecule has 0 heterocycles. The van der Waals surface area contributed by atoms with E-state index in [2.05, 4.69) is 35.6 Å². The minimum absolute atomic E-state index is 0.0362. The van der Waals surface area contributed by atoms with Gasteiger partial charge in [0.05, 0.1) is 12.7 Å². The number of nitrogens with one attached hydrogen (secondary N) is 2. The summed E-state index contributed by atoms with van der Waals surface area (Å²) < 4.78 is 50.5. The summed E-state index contributed by atoms with van der Waals surface area (Å²) in [6.07, 6.45) is -1.55. The van der Waals surface area contributed by atoms with E-state index in [1.165, 1.54) is 12.1 Å². The Labute approximate surface area is 198 Å². The van der Waals surface area contributed by atoms with Crippen molar-refractivity contribution in [1.29, 1.82) is 0 Å². The standard InChI is InChI=1S/C22H39FN2O6SSi/c1-7-33(8-2,9-3)31-20(15-24-12-13-26)17-10-11-19(23)18(14-17)16-32(28,29)30-21(27)25-22(4,5)6/h10-11,14,20,24,26H,7-9,12-13,15-16H2,1-6H3,(H,25,27)/t20-/m0/s1. The van der Waals surface area contributed by atoms with E-state index in [-0.39, 0.29) is 12.2 Å². The molecule has 0 spiro atoms. The van der Waals surface area contributed by atoms with E-state index < -0.39 is 47.7 Å². The molecule has 0 aliphatic heterocycles. The largest absolute Gasteiger partial charge is 0.423 e. The number of benzene rings is 1. The van der Waals surface area contributed by atoms with Gasteiger partial charge in [0, 0.05) is 24.2 Å². The molecule has 0 fully saturated rings. The highest BCUT2D eigenvalue weighted by Gasteiger charge is 2.33. The lowest BCUT2D eigenvalue weighted by Gasteiger charge is -2.34. The maximum absolute atomic E-state index is 14.5. The quantitative estimate of drug-likeness (QED) is 0.212. The third-order valence-electron chi connectivity index (χ3n) is 5.40. The summed E-state index contributed by atoms with van der Waals surface area (Å²) in [6, 6.07) is 6.96. The zero-order chi connectivity index (χ0) is 25.3. The van der Waals surface area contributed by atoms with Crippen molar-refractivity contribution in [1.82, 2.24) is 10.6 Å². The number of carbonyl (C=O) groups excluding carboxylic acids is 1. The van der Waals surface area contributed by atoms with E-state index in [1.54, 1.807) is 26.8 Å². The summed E-state index contributed by atoms with van der Waals surface area (Å²) >= 11 is 0. The number of amides is 1. The van der Waals surface area contributed by atoms with E-state index >= 15 is 0 Å². The first kappa shape index (κ1) is 29.5. The molecule has 1 aromatic rings. The molecule has 0 aromatic heterocycles. The summed E-state index contributed by atoms with van der Waals surface area (Å²) in [4.78, 5) is 11.9. The molecule has 8 nitrogen and oxygen atoms in total. The molecule has 11 heteroatoms. The van der Waals surface area contributed by atoms with Crippen LogP contribution in [0.15, 0.2) is 18.2 Å². The first-order valence-corrected chi connectivity index (χ1v) is 15.4. The van der Waals surface area contributed by atoms with Crippen LogP contribution in [0.3, 0.4) is 0 Å². The van der Waals surface area contributed by atoms with Gasteiger partial charge in [-0.25, -0.2) is 9.18 Å². The number of hydrogen-bond donors (Lipinski definition) is 3. The molecule has 0 bridgehead atoms. The van der Waals surface area contributed by atoms with Crippen LogP contribution in [0.1, 0.15) is 58.8 Å². The highest BCUT2D eigenvalue weighted by atomic mass is 32.2. The van der Waals surface area contributed by atoms with Crippen molar-refractivity contribution in [3.63, 3.8) is 0 Å². The minimum atomic E-state index is -4.37. The average Bonchev–Trinajstić information content (AvgIpc) is 2.70. The number of hydrogen-bond acceptors (Lipinski definition) is 7. The Morgan fingerprint density at radius 3 is 2.30 bits per heavy atom. The second-order valence-corrected chi connectivity index (χ2v) is 15.4. The smallest absolute Gasteiger partial charge is 0.409 e. The fourth-order valence-corrected chi connectivity index (χ4v) is 7.17. The summed E-state index contributed by atoms with van der Waals surface area (Å²) in [5, 5.41) is 14.6. The molecule has 0 unspecified atom stereocenters. The number of rotatable bonds is 13. The summed E-state index contributed by atoms with van der Waals surface area (Å²) in [6.45, 7) is 12.1. The van der Waals surface area contributed by atoms with Crippen molar-refractivity contribution in [2.45, 2.75) is 77.1 Å². The predicted octanol–water partition coefficient (Wildman–Crippen LogP) is 3.83. The van der Waals surface area contributed by atoms with Crippen molar-refractivity contribution < 1.29 is 31.3 Å². The van der Waals surface area contributed by atoms with Crippen molar-refractivity contribution in [3.8, 4) is 0 Å². The molecule has 1 aromatic carbocycles. The van der Waals surface area contributed by atoms with Crippen molar-refractivity contribution in [3.05, 3.63) is 35.1 Å². The molecule has 190 valence electrons. The zero-order valence-corrected chi connectivity index (χ0v) is 22.4. The Balaban J connectivity index is 3.18. The lowest BCUT2D eigenvalue weighted by molar-refractivity contribution is 0.181. The summed E-state index contributed by atoms with van der Waals surface area (Å²) in [5.74, 6) is -1.51. The first-order valence-electron chi connectivity index (χ1n) is 11.3. The molecule has 0 aliphatic carbocycles. The number of aliphatic hydroxyl groups is 1. The summed E-state index contributed by atoms with van der Waals surface area (Å²) in [7, 11) is -6.41. The lowest BCUT2D eigenvalue weighted by Crippen LogP contribution is -2.41. The van der Waals surface area contributed by atoms with Crippen molar-refractivity contribution in [2.24, 2.45) is 0 Å². The summed E-state index contributed by atoms with van der Waals surface area (Å²) in [5.41, 5.74) is -0.167. The van der Waals surface area contributed by atoms with Gasteiger partial charge in [-0.1, -0.05) is 26.8 Å². The molecule has 3 N–H and O–H groups in total. The van der Waals surface area contributed by atoms with E-state index in [4.69, 9.17) is 9.53 Å². The average molecular weight is 507 g/mol. The fourth-order valence-electron chi connectivity index (χ4n) is 3.41. The molecular formula is C22H39FN2O6SSi. The Kier molecular flexibility index (Phi) is 11.4. The number of carbonyl (C=O) groups is 1. The molecule has 1 amide bonds. The predicted molar refractivity (Wildman–Crippen MR) is 129 cm³/mol. The highest BCUT2D eigenvalue weighted by Crippen LogP contribution is 2.30. The molecule has 1 rings (SSSR count). The molecule has 0 saturated heterocycles. The SMILES string of the molecule is CC[Si](CC)(CC)O[C@@H](CNCCO)c1ccc(F)c(CS(=O)(=O)OC(=O)NC(C)(C)C)c1. The van der Waals surface area contributed by atoms with Gasteiger partial charge in [-0.2, -0.15) is 8.42 Å². The van der Waals surface area contributed by atoms with Crippen LogP contribution in [0.5, 0.6) is 0 Å². The maximum atomic E-state index is 14.5. The van der Waals surface area contributed by atoms with Crippen molar-refractivity contribution in [2.75, 3.05) is 19.7 Å². The molecule has 0 radical (unpaired) electrons. The monoisotopic (exact) mass is 506 g/mol. The zero-order valence-electron chi connectivity index (χ0n) is 20.5. The normalized spacial score (nSPS) is 13.6. The van der Waals surface area contributed by atoms with Gasteiger partial charge < -0.3 is 24.3 Å². The van der Waals surface area contributed by atoms with Gasteiger partial charge in [-0.05, 0) is 56.6 Å². The Hall–Kier alpha value is -1.53. The van der Waals surface area contributed by atoms with E-state index in [0.717, 1.165) is 18.1 Å². The molecule has 1 atom stereocenters. The third kappa shape index (κ3) is 10.1. The molecule has 0 aliphatic rings.